The van der Waals surface area contributed by atoms with Crippen molar-refractivity contribution in [1.82, 2.24) is 24.5 Å². The largest absolute Gasteiger partial charge is 0.368 e. The molecule has 9 heteroatoms. The summed E-state index contributed by atoms with van der Waals surface area (Å²) in [5.41, 5.74) is 1.50. The molecule has 24 heavy (non-hydrogen) atoms. The second kappa shape index (κ2) is 7.18. The van der Waals surface area contributed by atoms with E-state index >= 15 is 0 Å². The predicted octanol–water partition coefficient (Wildman–Crippen LogP) is 1.17. The van der Waals surface area contributed by atoms with Gasteiger partial charge in [0.05, 0.1) is 18.8 Å². The number of aromatic nitrogens is 4. The fourth-order valence-corrected chi connectivity index (χ4v) is 3.38. The van der Waals surface area contributed by atoms with Crippen molar-refractivity contribution in [2.24, 2.45) is 0 Å². The molecule has 1 aliphatic heterocycles. The van der Waals surface area contributed by atoms with Gasteiger partial charge in [-0.2, -0.15) is 0 Å². The number of hydrogen-bond donors (Lipinski definition) is 0. The van der Waals surface area contributed by atoms with Crippen LogP contribution in [0.5, 0.6) is 0 Å². The van der Waals surface area contributed by atoms with Crippen molar-refractivity contribution in [2.75, 3.05) is 38.7 Å². The molecule has 0 saturated carbocycles. The normalized spacial score (nSPS) is 17.8. The van der Waals surface area contributed by atoms with Crippen molar-refractivity contribution in [3.05, 3.63) is 28.7 Å². The first kappa shape index (κ1) is 16.7. The zero-order chi connectivity index (χ0) is 17.1. The highest BCUT2D eigenvalue weighted by Gasteiger charge is 2.31. The third-order valence-electron chi connectivity index (χ3n) is 3.87. The highest BCUT2D eigenvalue weighted by atomic mass is 32.1. The van der Waals surface area contributed by atoms with Crippen molar-refractivity contribution in [3.8, 4) is 0 Å². The van der Waals surface area contributed by atoms with E-state index in [2.05, 4.69) is 19.6 Å². The van der Waals surface area contributed by atoms with Crippen LogP contribution in [0.3, 0.4) is 0 Å². The van der Waals surface area contributed by atoms with Gasteiger partial charge in [-0.25, -0.2) is 4.98 Å². The molecule has 1 aliphatic rings. The van der Waals surface area contributed by atoms with Gasteiger partial charge in [-0.05, 0) is 18.0 Å². The molecule has 1 saturated heterocycles. The number of carbonyl (C=O) groups excluding carboxylic acids is 1. The van der Waals surface area contributed by atoms with Gasteiger partial charge in [-0.3, -0.25) is 9.78 Å². The van der Waals surface area contributed by atoms with Gasteiger partial charge < -0.3 is 14.5 Å². The van der Waals surface area contributed by atoms with Gasteiger partial charge in [0.1, 0.15) is 16.7 Å². The Morgan fingerprint density at radius 1 is 1.42 bits per heavy atom. The van der Waals surface area contributed by atoms with Crippen LogP contribution in [-0.2, 0) is 11.2 Å². The third-order valence-corrected chi connectivity index (χ3v) is 4.63. The average molecular weight is 348 g/mol. The number of aryl methyl sites for hydroxylation is 1. The van der Waals surface area contributed by atoms with E-state index in [9.17, 15) is 4.79 Å². The molecule has 2 aromatic rings. The van der Waals surface area contributed by atoms with Gasteiger partial charge in [0.15, 0.2) is 5.82 Å². The molecule has 0 bridgehead atoms. The summed E-state index contributed by atoms with van der Waals surface area (Å²) >= 11 is 1.15. The van der Waals surface area contributed by atoms with Crippen LogP contribution < -0.4 is 4.90 Å². The van der Waals surface area contributed by atoms with Crippen LogP contribution in [0.1, 0.15) is 34.1 Å². The Morgan fingerprint density at radius 2 is 2.21 bits per heavy atom. The van der Waals surface area contributed by atoms with Crippen LogP contribution in [0.4, 0.5) is 5.82 Å². The van der Waals surface area contributed by atoms with Gasteiger partial charge in [-0.1, -0.05) is 11.4 Å². The molecule has 0 aromatic carbocycles. The molecule has 1 amide bonds. The smallest absolute Gasteiger partial charge is 0.267 e. The zero-order valence-electron chi connectivity index (χ0n) is 14.0. The van der Waals surface area contributed by atoms with Gasteiger partial charge >= 0.3 is 0 Å². The second-order valence-electron chi connectivity index (χ2n) is 5.67. The van der Waals surface area contributed by atoms with Crippen LogP contribution in [0.2, 0.25) is 0 Å². The lowest BCUT2D eigenvalue weighted by atomic mass is 10.1. The minimum atomic E-state index is -0.292. The maximum Gasteiger partial charge on any atom is 0.267 e. The Morgan fingerprint density at radius 3 is 2.96 bits per heavy atom. The standard InChI is InChI=1S/C15H20N6O2S/c1-4-10-13(24-19-18-10)15(22)21-7-8-23-11(9-21)12-14(20(2)3)17-6-5-16-12/h5-6,11H,4,7-9H2,1-3H3/t11-/m0/s1. The van der Waals surface area contributed by atoms with Gasteiger partial charge in [-0.15, -0.1) is 5.10 Å². The topological polar surface area (TPSA) is 84.3 Å². The van der Waals surface area contributed by atoms with Crippen molar-refractivity contribution in [2.45, 2.75) is 19.4 Å². The molecule has 3 heterocycles. The lowest BCUT2D eigenvalue weighted by Gasteiger charge is -2.33. The molecule has 0 radical (unpaired) electrons. The van der Waals surface area contributed by atoms with Crippen LogP contribution in [0, 0.1) is 0 Å². The number of morpholine rings is 1. The summed E-state index contributed by atoms with van der Waals surface area (Å²) < 4.78 is 9.77. The molecule has 0 unspecified atom stereocenters. The molecule has 0 N–H and O–H groups in total. The SMILES string of the molecule is CCc1nnsc1C(=O)N1CCO[C@H](c2nccnc2N(C)C)C1. The summed E-state index contributed by atoms with van der Waals surface area (Å²) in [7, 11) is 3.82. The molecule has 2 aromatic heterocycles. The minimum Gasteiger partial charge on any atom is -0.368 e. The Hall–Kier alpha value is -2.13. The summed E-state index contributed by atoms with van der Waals surface area (Å²) in [6.07, 6.45) is 3.70. The van der Waals surface area contributed by atoms with Crippen molar-refractivity contribution in [1.29, 1.82) is 0 Å². The Bertz CT molecular complexity index is 719. The number of hydrogen-bond acceptors (Lipinski definition) is 8. The summed E-state index contributed by atoms with van der Waals surface area (Å²) in [4.78, 5) is 25.9. The molecular formula is C15H20N6O2S. The van der Waals surface area contributed by atoms with E-state index in [1.54, 1.807) is 17.3 Å². The maximum absolute atomic E-state index is 12.8. The van der Waals surface area contributed by atoms with Crippen molar-refractivity contribution < 1.29 is 9.53 Å². The summed E-state index contributed by atoms with van der Waals surface area (Å²) in [6.45, 7) is 3.43. The predicted molar refractivity (Wildman–Crippen MR) is 90.2 cm³/mol. The van der Waals surface area contributed by atoms with Gasteiger partial charge in [0.2, 0.25) is 0 Å². The maximum atomic E-state index is 12.8. The first-order chi connectivity index (χ1) is 11.6. The number of amides is 1. The van der Waals surface area contributed by atoms with Crippen LogP contribution in [-0.4, -0.2) is 64.2 Å². The summed E-state index contributed by atoms with van der Waals surface area (Å²) in [5, 5.41) is 4.03. The monoisotopic (exact) mass is 348 g/mol. The number of carbonyl (C=O) groups is 1. The Kier molecular flexibility index (Phi) is 5.00. The highest BCUT2D eigenvalue weighted by Crippen LogP contribution is 2.27. The van der Waals surface area contributed by atoms with Crippen LogP contribution >= 0.6 is 11.5 Å². The fraction of sp³-hybridized carbons (Fsp3) is 0.533. The number of rotatable bonds is 4. The minimum absolute atomic E-state index is 0.0366. The Labute approximate surface area is 144 Å². The van der Waals surface area contributed by atoms with Crippen LogP contribution in [0.25, 0.3) is 0 Å². The molecule has 0 spiro atoms. The van der Waals surface area contributed by atoms with E-state index in [0.29, 0.717) is 31.0 Å². The van der Waals surface area contributed by atoms with Crippen LogP contribution in [0.15, 0.2) is 12.4 Å². The summed E-state index contributed by atoms with van der Waals surface area (Å²) in [6, 6.07) is 0. The van der Waals surface area contributed by atoms with Gasteiger partial charge in [0, 0.05) is 33.0 Å². The van der Waals surface area contributed by atoms with E-state index < -0.39 is 0 Å². The Balaban J connectivity index is 1.81. The number of nitrogens with zero attached hydrogens (tertiary/aromatic N) is 6. The molecular weight excluding hydrogens is 328 g/mol. The zero-order valence-corrected chi connectivity index (χ0v) is 14.8. The molecule has 3 rings (SSSR count). The average Bonchev–Trinajstić information content (AvgIpc) is 3.10. The van der Waals surface area contributed by atoms with E-state index in [4.69, 9.17) is 4.74 Å². The second-order valence-corrected chi connectivity index (χ2v) is 6.43. The molecule has 1 atom stereocenters. The molecule has 0 aliphatic carbocycles. The molecule has 1 fully saturated rings. The number of ether oxygens (including phenoxy) is 1. The molecule has 128 valence electrons. The van der Waals surface area contributed by atoms with Crippen molar-refractivity contribution >= 4 is 23.3 Å². The third kappa shape index (κ3) is 3.22. The fourth-order valence-electron chi connectivity index (χ4n) is 2.66. The lowest BCUT2D eigenvalue weighted by molar-refractivity contribution is -0.0245. The summed E-state index contributed by atoms with van der Waals surface area (Å²) in [5.74, 6) is 0.718. The quantitative estimate of drug-likeness (QED) is 0.820. The van der Waals surface area contributed by atoms with E-state index in [1.807, 2.05) is 25.9 Å². The highest BCUT2D eigenvalue weighted by molar-refractivity contribution is 7.08. The first-order valence-corrected chi connectivity index (χ1v) is 8.59. The molecule has 8 nitrogen and oxygen atoms in total. The number of anilines is 1. The first-order valence-electron chi connectivity index (χ1n) is 7.82. The van der Waals surface area contributed by atoms with E-state index in [-0.39, 0.29) is 12.0 Å². The van der Waals surface area contributed by atoms with Gasteiger partial charge in [0.25, 0.3) is 5.91 Å². The lowest BCUT2D eigenvalue weighted by Crippen LogP contribution is -2.42. The van der Waals surface area contributed by atoms with Crippen molar-refractivity contribution in [3.63, 3.8) is 0 Å². The van der Waals surface area contributed by atoms with E-state index in [0.717, 1.165) is 28.7 Å². The van der Waals surface area contributed by atoms with E-state index in [1.165, 1.54) is 0 Å².